The molecule has 0 N–H and O–H groups in total. The zero-order chi connectivity index (χ0) is 21.9. The van der Waals surface area contributed by atoms with Gasteiger partial charge in [-0.3, -0.25) is 9.80 Å². The van der Waals surface area contributed by atoms with Crippen molar-refractivity contribution in [2.75, 3.05) is 33.0 Å². The van der Waals surface area contributed by atoms with Crippen molar-refractivity contribution in [2.24, 2.45) is 5.92 Å². The molecule has 8 nitrogen and oxygen atoms in total. The van der Waals surface area contributed by atoms with Gasteiger partial charge in [0, 0.05) is 32.2 Å². The van der Waals surface area contributed by atoms with Gasteiger partial charge in [-0.1, -0.05) is 39.2 Å². The number of piperazine rings is 1. The average molecular weight is 441 g/mol. The van der Waals surface area contributed by atoms with Gasteiger partial charge in [-0.05, 0) is 53.3 Å². The SMILES string of the molecule is CC(C)C[C@@H](c1nnnn1Cc1ccc2c(c1)OCO2)N1CCN(C2CCCCC2)CC1. The van der Waals surface area contributed by atoms with E-state index in [4.69, 9.17) is 9.47 Å². The Kier molecular flexibility index (Phi) is 6.59. The summed E-state index contributed by atoms with van der Waals surface area (Å²) in [5, 5.41) is 12.9. The molecule has 1 saturated heterocycles. The Labute approximate surface area is 190 Å². The van der Waals surface area contributed by atoms with Gasteiger partial charge in [0.2, 0.25) is 6.79 Å². The number of hydrogen-bond acceptors (Lipinski definition) is 7. The molecule has 32 heavy (non-hydrogen) atoms. The lowest BCUT2D eigenvalue weighted by Gasteiger charge is -2.43. The molecule has 0 radical (unpaired) electrons. The summed E-state index contributed by atoms with van der Waals surface area (Å²) in [6.45, 7) is 9.99. The highest BCUT2D eigenvalue weighted by molar-refractivity contribution is 5.44. The minimum atomic E-state index is 0.243. The number of hydrogen-bond donors (Lipinski definition) is 0. The lowest BCUT2D eigenvalue weighted by molar-refractivity contribution is 0.0469. The summed E-state index contributed by atoms with van der Waals surface area (Å²) in [5.41, 5.74) is 1.12. The molecule has 2 fully saturated rings. The maximum atomic E-state index is 5.55. The second kappa shape index (κ2) is 9.75. The summed E-state index contributed by atoms with van der Waals surface area (Å²) in [7, 11) is 0. The van der Waals surface area contributed by atoms with Crippen molar-refractivity contribution < 1.29 is 9.47 Å². The van der Waals surface area contributed by atoms with Gasteiger partial charge in [0.15, 0.2) is 17.3 Å². The Morgan fingerprint density at radius 1 is 1.00 bits per heavy atom. The Bertz CT molecular complexity index is 886. The Balaban J connectivity index is 1.29. The van der Waals surface area contributed by atoms with Crippen LogP contribution in [0.3, 0.4) is 0 Å². The number of aromatic nitrogens is 4. The summed E-state index contributed by atoms with van der Waals surface area (Å²) in [5.74, 6) is 3.16. The van der Waals surface area contributed by atoms with E-state index in [9.17, 15) is 0 Å². The Hall–Kier alpha value is -2.19. The molecule has 1 aromatic heterocycles. The predicted molar refractivity (Wildman–Crippen MR) is 122 cm³/mol. The first kappa shape index (κ1) is 21.6. The number of ether oxygens (including phenoxy) is 2. The van der Waals surface area contributed by atoms with Crippen LogP contribution >= 0.6 is 0 Å². The van der Waals surface area contributed by atoms with Gasteiger partial charge in [0.05, 0.1) is 12.6 Å². The van der Waals surface area contributed by atoms with Gasteiger partial charge in [-0.25, -0.2) is 4.68 Å². The molecule has 3 heterocycles. The van der Waals surface area contributed by atoms with E-state index in [0.29, 0.717) is 12.5 Å². The third kappa shape index (κ3) is 4.76. The quantitative estimate of drug-likeness (QED) is 0.653. The van der Waals surface area contributed by atoms with E-state index in [0.717, 1.165) is 61.5 Å². The standard InChI is InChI=1S/C24H36N6O2/c1-18(2)14-21(29-12-10-28(11-13-29)20-6-4-3-5-7-20)24-25-26-27-30(24)16-19-8-9-22-23(15-19)32-17-31-22/h8-9,15,18,20-21H,3-7,10-14,16-17H2,1-2H3/t21-/m0/s1. The maximum absolute atomic E-state index is 5.55. The van der Waals surface area contributed by atoms with Crippen LogP contribution in [0, 0.1) is 5.92 Å². The normalized spacial score (nSPS) is 21.3. The number of benzene rings is 1. The third-order valence-electron chi connectivity index (χ3n) is 7.20. The zero-order valence-corrected chi connectivity index (χ0v) is 19.4. The maximum Gasteiger partial charge on any atom is 0.231 e. The van der Waals surface area contributed by atoms with Crippen LogP contribution in [0.15, 0.2) is 18.2 Å². The number of fused-ring (bicyclic) bond motifs is 1. The van der Waals surface area contributed by atoms with Crippen molar-refractivity contribution in [1.29, 1.82) is 0 Å². The highest BCUT2D eigenvalue weighted by Crippen LogP contribution is 2.33. The van der Waals surface area contributed by atoms with E-state index in [2.05, 4.69) is 45.2 Å². The molecular weight excluding hydrogens is 404 g/mol. The van der Waals surface area contributed by atoms with E-state index in [1.54, 1.807) is 0 Å². The fraction of sp³-hybridized carbons (Fsp3) is 0.708. The molecule has 1 saturated carbocycles. The highest BCUT2D eigenvalue weighted by Gasteiger charge is 2.32. The number of rotatable bonds is 7. The van der Waals surface area contributed by atoms with Crippen LogP contribution in [0.1, 0.15) is 69.8 Å². The van der Waals surface area contributed by atoms with Crippen LogP contribution < -0.4 is 9.47 Å². The molecule has 174 valence electrons. The van der Waals surface area contributed by atoms with Crippen LogP contribution in [0.5, 0.6) is 11.5 Å². The van der Waals surface area contributed by atoms with Crippen molar-refractivity contribution in [3.63, 3.8) is 0 Å². The zero-order valence-electron chi connectivity index (χ0n) is 19.4. The first-order chi connectivity index (χ1) is 15.7. The minimum Gasteiger partial charge on any atom is -0.454 e. The van der Waals surface area contributed by atoms with Crippen LogP contribution in [-0.2, 0) is 6.54 Å². The lowest BCUT2D eigenvalue weighted by atomic mass is 9.93. The van der Waals surface area contributed by atoms with Crippen LogP contribution in [0.25, 0.3) is 0 Å². The molecular formula is C24H36N6O2. The summed E-state index contributed by atoms with van der Waals surface area (Å²) in [4.78, 5) is 5.35. The lowest BCUT2D eigenvalue weighted by Crippen LogP contribution is -2.52. The molecule has 1 aliphatic carbocycles. The molecule has 0 spiro atoms. The van der Waals surface area contributed by atoms with Gasteiger partial charge in [0.25, 0.3) is 0 Å². The van der Waals surface area contributed by atoms with Crippen LogP contribution in [-0.4, -0.2) is 69.0 Å². The molecule has 0 unspecified atom stereocenters. The van der Waals surface area contributed by atoms with Crippen LogP contribution in [0.4, 0.5) is 0 Å². The predicted octanol–water partition coefficient (Wildman–Crippen LogP) is 3.49. The van der Waals surface area contributed by atoms with Gasteiger partial charge < -0.3 is 9.47 Å². The van der Waals surface area contributed by atoms with E-state index in [1.807, 2.05) is 16.8 Å². The molecule has 2 aromatic rings. The summed E-state index contributed by atoms with van der Waals surface area (Å²) >= 11 is 0. The van der Waals surface area contributed by atoms with Crippen molar-refractivity contribution >= 4 is 0 Å². The van der Waals surface area contributed by atoms with Crippen molar-refractivity contribution in [3.05, 3.63) is 29.6 Å². The second-order valence-corrected chi connectivity index (χ2v) is 9.89. The first-order valence-electron chi connectivity index (χ1n) is 12.3. The molecule has 3 aliphatic rings. The second-order valence-electron chi connectivity index (χ2n) is 9.89. The van der Waals surface area contributed by atoms with Crippen LogP contribution in [0.2, 0.25) is 0 Å². The number of tetrazole rings is 1. The van der Waals surface area contributed by atoms with Gasteiger partial charge in [-0.15, -0.1) is 5.10 Å². The van der Waals surface area contributed by atoms with E-state index < -0.39 is 0 Å². The van der Waals surface area contributed by atoms with Gasteiger partial charge in [-0.2, -0.15) is 0 Å². The van der Waals surface area contributed by atoms with Gasteiger partial charge in [0.1, 0.15) is 0 Å². The average Bonchev–Trinajstić information content (AvgIpc) is 3.47. The smallest absolute Gasteiger partial charge is 0.231 e. The third-order valence-corrected chi connectivity index (χ3v) is 7.20. The van der Waals surface area contributed by atoms with E-state index in [-0.39, 0.29) is 12.8 Å². The van der Waals surface area contributed by atoms with Crippen molar-refractivity contribution in [2.45, 2.75) is 71.0 Å². The fourth-order valence-electron chi connectivity index (χ4n) is 5.50. The summed E-state index contributed by atoms with van der Waals surface area (Å²) in [6.07, 6.45) is 8.03. The topological polar surface area (TPSA) is 68.5 Å². The van der Waals surface area contributed by atoms with E-state index >= 15 is 0 Å². The molecule has 5 rings (SSSR count). The largest absolute Gasteiger partial charge is 0.454 e. The number of nitrogens with zero attached hydrogens (tertiary/aromatic N) is 6. The molecule has 0 bridgehead atoms. The first-order valence-corrected chi connectivity index (χ1v) is 12.3. The Morgan fingerprint density at radius 2 is 1.78 bits per heavy atom. The molecule has 8 heteroatoms. The van der Waals surface area contributed by atoms with E-state index in [1.165, 1.54) is 32.1 Å². The minimum absolute atomic E-state index is 0.243. The van der Waals surface area contributed by atoms with Crippen molar-refractivity contribution in [1.82, 2.24) is 30.0 Å². The fourth-order valence-corrected chi connectivity index (χ4v) is 5.50. The molecule has 0 amide bonds. The van der Waals surface area contributed by atoms with Crippen molar-refractivity contribution in [3.8, 4) is 11.5 Å². The molecule has 2 aliphatic heterocycles. The summed E-state index contributed by atoms with van der Waals surface area (Å²) < 4.78 is 13.0. The molecule has 1 atom stereocenters. The summed E-state index contributed by atoms with van der Waals surface area (Å²) in [6, 6.07) is 7.11. The molecule has 1 aromatic carbocycles. The Morgan fingerprint density at radius 3 is 2.56 bits per heavy atom. The monoisotopic (exact) mass is 440 g/mol. The highest BCUT2D eigenvalue weighted by atomic mass is 16.7. The van der Waals surface area contributed by atoms with Gasteiger partial charge >= 0.3 is 0 Å².